The highest BCUT2D eigenvalue weighted by atomic mass is 15.0. The van der Waals surface area contributed by atoms with Gasteiger partial charge in [-0.3, -0.25) is 0 Å². The van der Waals surface area contributed by atoms with Gasteiger partial charge in [0.2, 0.25) is 0 Å². The highest BCUT2D eigenvalue weighted by molar-refractivity contribution is 5.84. The van der Waals surface area contributed by atoms with Gasteiger partial charge in [0.05, 0.1) is 0 Å². The number of fused-ring (bicyclic) bond motifs is 3. The van der Waals surface area contributed by atoms with Crippen LogP contribution < -0.4 is 21.7 Å². The van der Waals surface area contributed by atoms with Gasteiger partial charge in [-0.1, -0.05) is 30.3 Å². The molecule has 2 heterocycles. The van der Waals surface area contributed by atoms with Gasteiger partial charge in [-0.05, 0) is 74.6 Å². The minimum atomic E-state index is 0.514. The highest BCUT2D eigenvalue weighted by Gasteiger charge is 2.21. The second kappa shape index (κ2) is 9.92. The van der Waals surface area contributed by atoms with E-state index in [2.05, 4.69) is 57.3 Å². The van der Waals surface area contributed by atoms with Crippen LogP contribution in [0.5, 0.6) is 0 Å². The number of benzene rings is 2. The Morgan fingerprint density at radius 3 is 2.59 bits per heavy atom. The number of aromatic nitrogens is 1. The fraction of sp³-hybridized carbons (Fsp3) is 0.417. The first-order valence-corrected chi connectivity index (χ1v) is 10.9. The molecule has 29 heavy (non-hydrogen) atoms. The van der Waals surface area contributed by atoms with Gasteiger partial charge < -0.3 is 26.7 Å². The maximum Gasteiger partial charge on any atom is 0.0459 e. The Morgan fingerprint density at radius 1 is 0.931 bits per heavy atom. The number of nitrogens with two attached hydrogens (primary N) is 1. The summed E-state index contributed by atoms with van der Waals surface area (Å²) in [5.41, 5.74) is 12.0. The first-order valence-electron chi connectivity index (χ1n) is 10.9. The molecule has 5 nitrogen and oxygen atoms in total. The number of hydrogen-bond donors (Lipinski definition) is 5. The fourth-order valence-electron chi connectivity index (χ4n) is 4.17. The van der Waals surface area contributed by atoms with Crippen molar-refractivity contribution in [3.63, 3.8) is 0 Å². The van der Waals surface area contributed by atoms with Crippen molar-refractivity contribution in [1.82, 2.24) is 20.9 Å². The van der Waals surface area contributed by atoms with E-state index in [4.69, 9.17) is 5.73 Å². The van der Waals surface area contributed by atoms with Crippen molar-refractivity contribution in [3.05, 3.63) is 65.4 Å². The van der Waals surface area contributed by atoms with Crippen molar-refractivity contribution in [2.24, 2.45) is 0 Å². The molecule has 1 unspecified atom stereocenters. The van der Waals surface area contributed by atoms with Crippen molar-refractivity contribution < 1.29 is 0 Å². The SMILES string of the molecule is Nc1ccc(CCNCCCCNCC2Cc3c([nH]c4ccccc34)CN2)cc1. The minimum absolute atomic E-state index is 0.514. The van der Waals surface area contributed by atoms with Gasteiger partial charge in [-0.25, -0.2) is 0 Å². The number of rotatable bonds is 10. The first kappa shape index (κ1) is 20.0. The third-order valence-electron chi connectivity index (χ3n) is 5.84. The monoisotopic (exact) mass is 391 g/mol. The summed E-state index contributed by atoms with van der Waals surface area (Å²) in [6, 6.07) is 17.3. The first-order chi connectivity index (χ1) is 14.3. The molecule has 154 valence electrons. The molecule has 0 bridgehead atoms. The summed E-state index contributed by atoms with van der Waals surface area (Å²) in [5, 5.41) is 12.2. The summed E-state index contributed by atoms with van der Waals surface area (Å²) in [6.07, 6.45) is 4.57. The summed E-state index contributed by atoms with van der Waals surface area (Å²) < 4.78 is 0. The van der Waals surface area contributed by atoms with E-state index in [-0.39, 0.29) is 0 Å². The number of aromatic amines is 1. The zero-order valence-corrected chi connectivity index (χ0v) is 17.1. The average Bonchev–Trinajstić information content (AvgIpc) is 3.12. The average molecular weight is 392 g/mol. The van der Waals surface area contributed by atoms with E-state index < -0.39 is 0 Å². The summed E-state index contributed by atoms with van der Waals surface area (Å²) in [5.74, 6) is 0. The summed E-state index contributed by atoms with van der Waals surface area (Å²) in [7, 11) is 0. The Labute approximate surface area is 173 Å². The van der Waals surface area contributed by atoms with Gasteiger partial charge in [0.25, 0.3) is 0 Å². The number of H-pyrrole nitrogens is 1. The third kappa shape index (κ3) is 5.38. The van der Waals surface area contributed by atoms with E-state index >= 15 is 0 Å². The Morgan fingerprint density at radius 2 is 1.72 bits per heavy atom. The van der Waals surface area contributed by atoms with E-state index in [1.54, 1.807) is 0 Å². The van der Waals surface area contributed by atoms with Crippen LogP contribution in [0, 0.1) is 0 Å². The fourth-order valence-corrected chi connectivity index (χ4v) is 4.17. The lowest BCUT2D eigenvalue weighted by Gasteiger charge is -2.24. The Hall–Kier alpha value is -2.34. The molecule has 1 aliphatic rings. The molecule has 4 rings (SSSR count). The quantitative estimate of drug-likeness (QED) is 0.272. The molecular weight excluding hydrogens is 358 g/mol. The zero-order chi connectivity index (χ0) is 19.9. The molecule has 2 aromatic carbocycles. The molecule has 0 saturated heterocycles. The Balaban J connectivity index is 1.07. The van der Waals surface area contributed by atoms with E-state index in [1.807, 2.05) is 12.1 Å². The Kier molecular flexibility index (Phi) is 6.83. The topological polar surface area (TPSA) is 77.9 Å². The predicted octanol–water partition coefficient (Wildman–Crippen LogP) is 2.97. The minimum Gasteiger partial charge on any atom is -0.399 e. The normalized spacial score (nSPS) is 16.2. The van der Waals surface area contributed by atoms with Crippen LogP contribution in [0.25, 0.3) is 10.9 Å². The van der Waals surface area contributed by atoms with Gasteiger partial charge >= 0.3 is 0 Å². The standard InChI is InChI=1S/C24H33N5/c25-19-9-7-18(8-10-19)11-14-26-12-3-4-13-27-16-20-15-22-21-5-1-2-6-23(21)29-24(22)17-28-20/h1-2,5-10,20,26-29H,3-4,11-17,25H2. The zero-order valence-electron chi connectivity index (χ0n) is 17.1. The van der Waals surface area contributed by atoms with E-state index in [1.165, 1.54) is 40.6 Å². The van der Waals surface area contributed by atoms with E-state index in [0.29, 0.717) is 6.04 Å². The second-order valence-corrected chi connectivity index (χ2v) is 8.06. The lowest BCUT2D eigenvalue weighted by Crippen LogP contribution is -2.43. The van der Waals surface area contributed by atoms with Crippen LogP contribution in [-0.2, 0) is 19.4 Å². The lowest BCUT2D eigenvalue weighted by molar-refractivity contribution is 0.442. The van der Waals surface area contributed by atoms with Crippen LogP contribution in [0.15, 0.2) is 48.5 Å². The van der Waals surface area contributed by atoms with Crippen LogP contribution in [0.2, 0.25) is 0 Å². The molecule has 5 heteroatoms. The van der Waals surface area contributed by atoms with Gasteiger partial charge in [0.1, 0.15) is 0 Å². The molecule has 1 aromatic heterocycles. The largest absolute Gasteiger partial charge is 0.399 e. The van der Waals surface area contributed by atoms with Gasteiger partial charge in [-0.2, -0.15) is 0 Å². The lowest BCUT2D eigenvalue weighted by atomic mass is 9.98. The van der Waals surface area contributed by atoms with Crippen LogP contribution >= 0.6 is 0 Å². The number of nitrogens with one attached hydrogen (secondary N) is 4. The van der Waals surface area contributed by atoms with Gasteiger partial charge in [-0.15, -0.1) is 0 Å². The molecule has 0 amide bonds. The molecule has 0 spiro atoms. The molecule has 1 aliphatic heterocycles. The molecule has 3 aromatic rings. The number of anilines is 1. The summed E-state index contributed by atoms with van der Waals surface area (Å²) >= 11 is 0. The molecule has 0 radical (unpaired) electrons. The molecule has 0 saturated carbocycles. The molecule has 0 aliphatic carbocycles. The van der Waals surface area contributed by atoms with Crippen LogP contribution in [0.4, 0.5) is 5.69 Å². The van der Waals surface area contributed by atoms with Crippen molar-refractivity contribution in [1.29, 1.82) is 0 Å². The third-order valence-corrected chi connectivity index (χ3v) is 5.84. The maximum atomic E-state index is 5.72. The van der Waals surface area contributed by atoms with Crippen molar-refractivity contribution in [3.8, 4) is 0 Å². The van der Waals surface area contributed by atoms with Gasteiger partial charge in [0, 0.05) is 41.4 Å². The predicted molar refractivity (Wildman–Crippen MR) is 122 cm³/mol. The van der Waals surface area contributed by atoms with Crippen LogP contribution in [0.1, 0.15) is 29.7 Å². The highest BCUT2D eigenvalue weighted by Crippen LogP contribution is 2.26. The molecule has 1 atom stereocenters. The molecule has 0 fully saturated rings. The number of nitrogen functional groups attached to an aromatic ring is 1. The number of para-hydroxylation sites is 1. The van der Waals surface area contributed by atoms with Crippen molar-refractivity contribution >= 4 is 16.6 Å². The molecular formula is C24H33N5. The van der Waals surface area contributed by atoms with E-state index in [9.17, 15) is 0 Å². The van der Waals surface area contributed by atoms with Gasteiger partial charge in [0.15, 0.2) is 0 Å². The Bertz CT molecular complexity index is 899. The summed E-state index contributed by atoms with van der Waals surface area (Å²) in [6.45, 7) is 5.16. The van der Waals surface area contributed by atoms with Crippen LogP contribution in [-0.4, -0.2) is 37.2 Å². The van der Waals surface area contributed by atoms with E-state index in [0.717, 1.165) is 51.3 Å². The molecule has 6 N–H and O–H groups in total. The number of unbranched alkanes of at least 4 members (excludes halogenated alkanes) is 1. The van der Waals surface area contributed by atoms with Crippen molar-refractivity contribution in [2.75, 3.05) is 31.9 Å². The summed E-state index contributed by atoms with van der Waals surface area (Å²) in [4.78, 5) is 3.55. The second-order valence-electron chi connectivity index (χ2n) is 8.06. The maximum absolute atomic E-state index is 5.72. The van der Waals surface area contributed by atoms with Crippen LogP contribution in [0.3, 0.4) is 0 Å². The smallest absolute Gasteiger partial charge is 0.0459 e. The number of hydrogen-bond acceptors (Lipinski definition) is 4. The van der Waals surface area contributed by atoms with Crippen molar-refractivity contribution in [2.45, 2.75) is 38.3 Å².